The smallest absolute Gasteiger partial charge is 0.323 e. The number of aliphatic carboxylic acids is 1. The zero-order valence-corrected chi connectivity index (χ0v) is 13.2. The van der Waals surface area contributed by atoms with E-state index in [1.54, 1.807) is 6.92 Å². The largest absolute Gasteiger partial charge is 0.480 e. The van der Waals surface area contributed by atoms with Crippen molar-refractivity contribution in [1.29, 1.82) is 0 Å². The molecule has 0 saturated carbocycles. The number of para-hydroxylation sites is 1. The average Bonchev–Trinajstić information content (AvgIpc) is 2.75. The van der Waals surface area contributed by atoms with Crippen LogP contribution < -0.4 is 5.56 Å². The van der Waals surface area contributed by atoms with Gasteiger partial charge in [-0.1, -0.05) is 18.2 Å². The van der Waals surface area contributed by atoms with E-state index in [1.807, 2.05) is 48.7 Å². The van der Waals surface area contributed by atoms with Crippen molar-refractivity contribution >= 4 is 17.0 Å². The molecular weight excluding hydrogens is 294 g/mol. The van der Waals surface area contributed by atoms with Gasteiger partial charge in [0.15, 0.2) is 5.65 Å². The monoisotopic (exact) mass is 311 g/mol. The summed E-state index contributed by atoms with van der Waals surface area (Å²) >= 11 is 0. The van der Waals surface area contributed by atoms with Gasteiger partial charge in [-0.2, -0.15) is 0 Å². The van der Waals surface area contributed by atoms with E-state index in [1.165, 1.54) is 4.57 Å². The Morgan fingerprint density at radius 2 is 1.83 bits per heavy atom. The summed E-state index contributed by atoms with van der Waals surface area (Å²) < 4.78 is 3.14. The number of hydrogen-bond acceptors (Lipinski definition) is 3. The summed E-state index contributed by atoms with van der Waals surface area (Å²) in [5, 5.41) is 9.47. The molecular formula is C17H17N3O3. The molecule has 0 unspecified atom stereocenters. The minimum absolute atomic E-state index is 0.315. The Kier molecular flexibility index (Phi) is 3.52. The highest BCUT2D eigenvalue weighted by Crippen LogP contribution is 2.25. The second-order valence-electron chi connectivity index (χ2n) is 5.52. The summed E-state index contributed by atoms with van der Waals surface area (Å²) in [7, 11) is 0. The predicted octanol–water partition coefficient (Wildman–Crippen LogP) is 2.20. The summed E-state index contributed by atoms with van der Waals surface area (Å²) in [6.07, 6.45) is 0. The molecule has 1 N–H and O–H groups in total. The van der Waals surface area contributed by atoms with Gasteiger partial charge >= 0.3 is 5.97 Å². The number of nitrogens with zero attached hydrogens (tertiary/aromatic N) is 3. The first kappa shape index (κ1) is 15.0. The van der Waals surface area contributed by atoms with E-state index in [0.29, 0.717) is 16.9 Å². The molecule has 6 nitrogen and oxygen atoms in total. The molecule has 3 aromatic rings. The lowest BCUT2D eigenvalue weighted by atomic mass is 10.2. The fourth-order valence-electron chi connectivity index (χ4n) is 2.86. The van der Waals surface area contributed by atoms with Crippen molar-refractivity contribution in [1.82, 2.24) is 14.1 Å². The molecule has 0 saturated heterocycles. The highest BCUT2D eigenvalue weighted by atomic mass is 16.4. The number of rotatable bonds is 3. The van der Waals surface area contributed by atoms with Crippen LogP contribution in [0.15, 0.2) is 35.1 Å². The lowest BCUT2D eigenvalue weighted by molar-refractivity contribution is -0.137. The van der Waals surface area contributed by atoms with Crippen LogP contribution in [0.25, 0.3) is 16.7 Å². The van der Waals surface area contributed by atoms with Crippen molar-refractivity contribution < 1.29 is 9.90 Å². The van der Waals surface area contributed by atoms with E-state index >= 15 is 0 Å². The summed E-state index contributed by atoms with van der Waals surface area (Å²) in [4.78, 5) is 28.3. The number of carboxylic acid groups (broad SMARTS) is 1. The third-order valence-corrected chi connectivity index (χ3v) is 4.11. The molecule has 0 bridgehead atoms. The molecule has 0 aliphatic rings. The third kappa shape index (κ3) is 2.32. The molecule has 1 aromatic carbocycles. The van der Waals surface area contributed by atoms with Gasteiger partial charge in [-0.25, -0.2) is 4.98 Å². The zero-order valence-electron chi connectivity index (χ0n) is 13.2. The topological polar surface area (TPSA) is 77.1 Å². The lowest BCUT2D eigenvalue weighted by Crippen LogP contribution is -2.27. The van der Waals surface area contributed by atoms with E-state index in [9.17, 15) is 9.59 Å². The molecule has 2 aromatic heterocycles. The minimum Gasteiger partial charge on any atom is -0.480 e. The molecule has 23 heavy (non-hydrogen) atoms. The van der Waals surface area contributed by atoms with Gasteiger partial charge in [0.05, 0.1) is 5.39 Å². The van der Waals surface area contributed by atoms with Crippen LogP contribution in [0.5, 0.6) is 0 Å². The van der Waals surface area contributed by atoms with Crippen LogP contribution in [0.4, 0.5) is 0 Å². The summed E-state index contributed by atoms with van der Waals surface area (Å²) in [5.41, 5.74) is 2.91. The first-order valence-electron chi connectivity index (χ1n) is 7.28. The number of carbonyl (C=O) groups is 1. The van der Waals surface area contributed by atoms with Crippen LogP contribution in [0.1, 0.15) is 17.1 Å². The molecule has 2 heterocycles. The van der Waals surface area contributed by atoms with E-state index in [-0.39, 0.29) is 12.1 Å². The van der Waals surface area contributed by atoms with Gasteiger partial charge in [0.2, 0.25) is 0 Å². The van der Waals surface area contributed by atoms with E-state index in [2.05, 4.69) is 4.98 Å². The Hall–Kier alpha value is -2.89. The minimum atomic E-state index is -1.06. The third-order valence-electron chi connectivity index (χ3n) is 4.11. The van der Waals surface area contributed by atoms with Gasteiger partial charge in [-0.15, -0.1) is 0 Å². The van der Waals surface area contributed by atoms with Gasteiger partial charge in [0, 0.05) is 11.4 Å². The zero-order chi connectivity index (χ0) is 16.7. The van der Waals surface area contributed by atoms with Gasteiger partial charge in [0.25, 0.3) is 5.56 Å². The van der Waals surface area contributed by atoms with Crippen molar-refractivity contribution in [2.75, 3.05) is 0 Å². The van der Waals surface area contributed by atoms with Crippen molar-refractivity contribution in [2.24, 2.45) is 0 Å². The highest BCUT2D eigenvalue weighted by Gasteiger charge is 2.20. The number of hydrogen-bond donors (Lipinski definition) is 1. The van der Waals surface area contributed by atoms with Crippen LogP contribution >= 0.6 is 0 Å². The first-order valence-corrected chi connectivity index (χ1v) is 7.28. The molecule has 0 atom stereocenters. The summed E-state index contributed by atoms with van der Waals surface area (Å²) in [6, 6.07) is 9.68. The maximum atomic E-state index is 12.7. The molecule has 6 heteroatoms. The Morgan fingerprint density at radius 3 is 2.43 bits per heavy atom. The van der Waals surface area contributed by atoms with E-state index in [0.717, 1.165) is 16.9 Å². The van der Waals surface area contributed by atoms with E-state index in [4.69, 9.17) is 5.11 Å². The van der Waals surface area contributed by atoms with Crippen molar-refractivity contribution in [3.05, 3.63) is 57.8 Å². The maximum Gasteiger partial charge on any atom is 0.323 e. The number of aryl methyl sites for hydroxylation is 2. The van der Waals surface area contributed by atoms with Crippen LogP contribution in [0, 0.1) is 20.8 Å². The van der Waals surface area contributed by atoms with Gasteiger partial charge in [0.1, 0.15) is 12.4 Å². The molecule has 0 aliphatic carbocycles. The second kappa shape index (κ2) is 5.39. The van der Waals surface area contributed by atoms with Crippen LogP contribution in [-0.4, -0.2) is 25.2 Å². The predicted molar refractivity (Wildman–Crippen MR) is 87.2 cm³/mol. The Bertz CT molecular complexity index is 968. The number of carboxylic acids is 1. The summed E-state index contributed by atoms with van der Waals surface area (Å²) in [5.74, 6) is -0.673. The van der Waals surface area contributed by atoms with Gasteiger partial charge in [-0.05, 0) is 38.5 Å². The molecule has 118 valence electrons. The molecule has 0 spiro atoms. The lowest BCUT2D eigenvalue weighted by Gasteiger charge is -2.10. The fourth-order valence-corrected chi connectivity index (χ4v) is 2.86. The molecule has 3 rings (SSSR count). The van der Waals surface area contributed by atoms with Crippen LogP contribution in [0.2, 0.25) is 0 Å². The molecule has 0 fully saturated rings. The number of benzene rings is 1. The van der Waals surface area contributed by atoms with Crippen molar-refractivity contribution in [3.8, 4) is 5.69 Å². The molecule has 0 amide bonds. The first-order chi connectivity index (χ1) is 10.9. The normalized spacial score (nSPS) is 11.1. The Morgan fingerprint density at radius 1 is 1.17 bits per heavy atom. The Balaban J connectivity index is 2.40. The van der Waals surface area contributed by atoms with Crippen LogP contribution in [0.3, 0.4) is 0 Å². The Labute approximate surface area is 132 Å². The summed E-state index contributed by atoms with van der Waals surface area (Å²) in [6.45, 7) is 5.06. The number of fused-ring (bicyclic) bond motifs is 1. The van der Waals surface area contributed by atoms with Crippen molar-refractivity contribution in [3.63, 3.8) is 0 Å². The van der Waals surface area contributed by atoms with E-state index < -0.39 is 5.97 Å². The van der Waals surface area contributed by atoms with Gasteiger partial charge in [-0.3, -0.25) is 18.7 Å². The second-order valence-corrected chi connectivity index (χ2v) is 5.52. The SMILES string of the molecule is Cc1c(C)n(-c2ccccc2)c2nc(C)n(CC(=O)O)c(=O)c12. The highest BCUT2D eigenvalue weighted by molar-refractivity contribution is 5.83. The van der Waals surface area contributed by atoms with Crippen LogP contribution in [-0.2, 0) is 11.3 Å². The van der Waals surface area contributed by atoms with Gasteiger partial charge < -0.3 is 5.11 Å². The maximum absolute atomic E-state index is 12.7. The average molecular weight is 311 g/mol. The van der Waals surface area contributed by atoms with Crippen molar-refractivity contribution in [2.45, 2.75) is 27.3 Å². The quantitative estimate of drug-likeness (QED) is 0.804. The number of aromatic nitrogens is 3. The fraction of sp³-hybridized carbons (Fsp3) is 0.235. The molecule has 0 aliphatic heterocycles. The molecule has 0 radical (unpaired) electrons. The standard InChI is InChI=1S/C17H17N3O3/c1-10-11(2)20(13-7-5-4-6-8-13)16-15(10)17(23)19(9-14(21)22)12(3)18-16/h4-8H,9H2,1-3H3,(H,21,22).